The molecule has 7 nitrogen and oxygen atoms in total. The maximum Gasteiger partial charge on any atom is 0.336 e. The summed E-state index contributed by atoms with van der Waals surface area (Å²) in [6.07, 6.45) is 0. The molecule has 0 fully saturated rings. The Hall–Kier alpha value is -2.90. The molecule has 0 aliphatic rings. The van der Waals surface area contributed by atoms with Gasteiger partial charge in [-0.15, -0.1) is 5.10 Å². The van der Waals surface area contributed by atoms with E-state index < -0.39 is 11.7 Å². The Morgan fingerprint density at radius 1 is 1.48 bits per heavy atom. The zero-order valence-corrected chi connectivity index (χ0v) is 11.2. The van der Waals surface area contributed by atoms with E-state index in [1.165, 1.54) is 13.2 Å². The molecule has 3 rings (SSSR count). The Labute approximate surface area is 118 Å². The summed E-state index contributed by atoms with van der Waals surface area (Å²) in [5.41, 5.74) is 0.601. The number of halogens is 1. The first-order valence-electron chi connectivity index (χ1n) is 6.05. The second kappa shape index (κ2) is 4.89. The lowest BCUT2D eigenvalue weighted by Gasteiger charge is -1.98. The van der Waals surface area contributed by atoms with E-state index in [0.29, 0.717) is 10.9 Å². The van der Waals surface area contributed by atoms with Gasteiger partial charge in [0, 0.05) is 10.9 Å². The second-order valence-electron chi connectivity index (χ2n) is 4.30. The van der Waals surface area contributed by atoms with E-state index in [-0.39, 0.29) is 23.3 Å². The van der Waals surface area contributed by atoms with Crippen molar-refractivity contribution >= 4 is 22.8 Å². The molecule has 0 unspecified atom stereocenters. The minimum atomic E-state index is -0.554. The van der Waals surface area contributed by atoms with Crippen LogP contribution in [0.15, 0.2) is 22.6 Å². The number of nitrogens with zero attached hydrogens (tertiary/aromatic N) is 2. The third kappa shape index (κ3) is 2.20. The van der Waals surface area contributed by atoms with Crippen molar-refractivity contribution in [3.63, 3.8) is 0 Å². The Balaban J connectivity index is 1.94. The molecule has 0 aliphatic carbocycles. The summed E-state index contributed by atoms with van der Waals surface area (Å²) in [7, 11) is 1.40. The van der Waals surface area contributed by atoms with Gasteiger partial charge in [-0.05, 0) is 13.0 Å². The summed E-state index contributed by atoms with van der Waals surface area (Å²) >= 11 is 0. The smallest absolute Gasteiger partial charge is 0.336 e. The van der Waals surface area contributed by atoms with Crippen LogP contribution in [-0.2, 0) is 0 Å². The quantitative estimate of drug-likeness (QED) is 0.771. The average Bonchev–Trinajstić information content (AvgIpc) is 3.05. The van der Waals surface area contributed by atoms with Crippen molar-refractivity contribution < 1.29 is 18.3 Å². The molecule has 0 atom stereocenters. The first-order chi connectivity index (χ1) is 10.1. The van der Waals surface area contributed by atoms with Crippen molar-refractivity contribution in [1.29, 1.82) is 0 Å². The van der Waals surface area contributed by atoms with Gasteiger partial charge in [0.25, 0.3) is 5.91 Å². The summed E-state index contributed by atoms with van der Waals surface area (Å²) in [4.78, 5) is 16.0. The van der Waals surface area contributed by atoms with Gasteiger partial charge in [-0.2, -0.15) is 4.98 Å². The van der Waals surface area contributed by atoms with E-state index in [0.717, 1.165) is 0 Å². The van der Waals surface area contributed by atoms with Crippen molar-refractivity contribution in [3.8, 4) is 6.01 Å². The number of hydrogen-bond donors (Lipinski definition) is 2. The van der Waals surface area contributed by atoms with Crippen LogP contribution in [0.3, 0.4) is 0 Å². The highest BCUT2D eigenvalue weighted by Gasteiger charge is 2.20. The van der Waals surface area contributed by atoms with Crippen LogP contribution < -0.4 is 10.1 Å². The number of amides is 1. The lowest BCUT2D eigenvalue weighted by molar-refractivity contribution is 0.0997. The van der Waals surface area contributed by atoms with Gasteiger partial charge < -0.3 is 9.15 Å². The molecule has 0 saturated carbocycles. The van der Waals surface area contributed by atoms with Gasteiger partial charge in [0.1, 0.15) is 0 Å². The summed E-state index contributed by atoms with van der Waals surface area (Å²) in [5, 5.41) is 9.21. The van der Waals surface area contributed by atoms with Gasteiger partial charge >= 0.3 is 6.01 Å². The third-order valence-corrected chi connectivity index (χ3v) is 3.00. The number of methoxy groups -OCH3 is 1. The molecule has 0 saturated heterocycles. The van der Waals surface area contributed by atoms with E-state index in [4.69, 9.17) is 9.15 Å². The predicted molar refractivity (Wildman–Crippen MR) is 71.8 cm³/mol. The van der Waals surface area contributed by atoms with E-state index in [2.05, 4.69) is 20.5 Å². The fourth-order valence-corrected chi connectivity index (χ4v) is 1.98. The van der Waals surface area contributed by atoms with Crippen LogP contribution in [0.5, 0.6) is 6.01 Å². The van der Waals surface area contributed by atoms with E-state index in [1.807, 2.05) is 0 Å². The molecule has 0 aliphatic heterocycles. The number of fused-ring (bicyclic) bond motifs is 1. The minimum absolute atomic E-state index is 0.0190. The van der Waals surface area contributed by atoms with Crippen LogP contribution in [0.4, 0.5) is 10.3 Å². The number of carbonyl (C=O) groups is 1. The van der Waals surface area contributed by atoms with Crippen molar-refractivity contribution in [1.82, 2.24) is 15.2 Å². The van der Waals surface area contributed by atoms with Crippen LogP contribution in [0.25, 0.3) is 11.0 Å². The number of ether oxygens (including phenoxy) is 1. The summed E-state index contributed by atoms with van der Waals surface area (Å²) in [5.74, 6) is -0.944. The molecule has 2 aromatic heterocycles. The molecule has 3 aromatic rings. The first kappa shape index (κ1) is 13.1. The molecule has 21 heavy (non-hydrogen) atoms. The number of H-pyrrole nitrogens is 1. The number of aryl methyl sites for hydroxylation is 1. The highest BCUT2D eigenvalue weighted by Crippen LogP contribution is 2.27. The van der Waals surface area contributed by atoms with Crippen LogP contribution in [0, 0.1) is 12.7 Å². The number of carbonyl (C=O) groups excluding carboxylic acids is 1. The lowest BCUT2D eigenvalue weighted by atomic mass is 10.1. The number of para-hydroxylation sites is 1. The largest absolute Gasteiger partial charge is 0.466 e. The molecular weight excluding hydrogens is 279 g/mol. The van der Waals surface area contributed by atoms with Crippen molar-refractivity contribution in [2.75, 3.05) is 12.4 Å². The number of anilines is 1. The van der Waals surface area contributed by atoms with E-state index in [1.54, 1.807) is 19.1 Å². The molecule has 0 bridgehead atoms. The molecule has 2 heterocycles. The molecular formula is C13H11FN4O3. The van der Waals surface area contributed by atoms with Crippen LogP contribution in [0.1, 0.15) is 16.1 Å². The summed E-state index contributed by atoms with van der Waals surface area (Å²) in [6, 6.07) is 4.61. The first-order valence-corrected chi connectivity index (χ1v) is 6.05. The topological polar surface area (TPSA) is 93.0 Å². The zero-order chi connectivity index (χ0) is 15.0. The SMILES string of the molecule is COc1n[nH]c(NC(=O)c2oc3c(F)cccc3c2C)n1. The summed E-state index contributed by atoms with van der Waals surface area (Å²) in [6.45, 7) is 1.68. The fraction of sp³-hybridized carbons (Fsp3) is 0.154. The number of rotatable bonds is 3. The van der Waals surface area contributed by atoms with Gasteiger partial charge in [0.2, 0.25) is 5.95 Å². The van der Waals surface area contributed by atoms with Gasteiger partial charge in [-0.1, -0.05) is 12.1 Å². The monoisotopic (exact) mass is 290 g/mol. The standard InChI is InChI=1S/C13H11FN4O3/c1-6-7-4-3-5-8(14)10(7)21-9(6)11(19)15-12-16-13(20-2)18-17-12/h3-5H,1-2H3,(H2,15,16,17,18,19). The van der Waals surface area contributed by atoms with Crippen molar-refractivity contribution in [2.45, 2.75) is 6.92 Å². The Kier molecular flexibility index (Phi) is 3.05. The average molecular weight is 290 g/mol. The van der Waals surface area contributed by atoms with Crippen molar-refractivity contribution in [2.24, 2.45) is 0 Å². The van der Waals surface area contributed by atoms with E-state index in [9.17, 15) is 9.18 Å². The Morgan fingerprint density at radius 2 is 2.29 bits per heavy atom. The van der Waals surface area contributed by atoms with Crippen molar-refractivity contribution in [3.05, 3.63) is 35.3 Å². The van der Waals surface area contributed by atoms with Crippen LogP contribution >= 0.6 is 0 Å². The van der Waals surface area contributed by atoms with Crippen LogP contribution in [0.2, 0.25) is 0 Å². The van der Waals surface area contributed by atoms with Crippen LogP contribution in [-0.4, -0.2) is 28.2 Å². The van der Waals surface area contributed by atoms with E-state index >= 15 is 0 Å². The minimum Gasteiger partial charge on any atom is -0.466 e. The molecule has 8 heteroatoms. The Morgan fingerprint density at radius 3 is 2.95 bits per heavy atom. The molecule has 0 radical (unpaired) electrons. The molecule has 1 aromatic carbocycles. The maximum atomic E-state index is 13.6. The fourth-order valence-electron chi connectivity index (χ4n) is 1.98. The van der Waals surface area contributed by atoms with Gasteiger partial charge in [-0.25, -0.2) is 9.49 Å². The predicted octanol–water partition coefficient (Wildman–Crippen LogP) is 2.26. The van der Waals surface area contributed by atoms with Gasteiger partial charge in [0.15, 0.2) is 17.2 Å². The molecule has 0 spiro atoms. The number of hydrogen-bond acceptors (Lipinski definition) is 5. The highest BCUT2D eigenvalue weighted by molar-refractivity contribution is 6.05. The molecule has 1 amide bonds. The van der Waals surface area contributed by atoms with Gasteiger partial charge in [0.05, 0.1) is 7.11 Å². The lowest BCUT2D eigenvalue weighted by Crippen LogP contribution is -2.13. The molecule has 108 valence electrons. The third-order valence-electron chi connectivity index (χ3n) is 3.00. The summed E-state index contributed by atoms with van der Waals surface area (Å²) < 4.78 is 23.8. The number of benzene rings is 1. The highest BCUT2D eigenvalue weighted by atomic mass is 19.1. The molecule has 2 N–H and O–H groups in total. The van der Waals surface area contributed by atoms with Gasteiger partial charge in [-0.3, -0.25) is 10.1 Å². The zero-order valence-electron chi connectivity index (χ0n) is 11.2. The number of nitrogens with one attached hydrogen (secondary N) is 2. The second-order valence-corrected chi connectivity index (χ2v) is 4.30. The number of aromatic amines is 1. The Bertz CT molecular complexity index is 824. The normalized spacial score (nSPS) is 10.8. The number of aromatic nitrogens is 3. The number of furan rings is 1. The maximum absolute atomic E-state index is 13.6.